The van der Waals surface area contributed by atoms with Crippen LogP contribution in [0.4, 0.5) is 0 Å². The lowest BCUT2D eigenvalue weighted by molar-refractivity contribution is -0.138. The Bertz CT molecular complexity index is 344. The van der Waals surface area contributed by atoms with Crippen LogP contribution in [0.1, 0.15) is 52.9 Å². The standard InChI is InChI=1S/C14H26N2O3/c1-9(2)11(7-12(17)18)16-13(19)14(15)6-4-5-10(3)8-14/h9-11H,4-8,15H2,1-3H3,(H,16,19)(H,17,18). The number of carbonyl (C=O) groups is 2. The van der Waals surface area contributed by atoms with Gasteiger partial charge < -0.3 is 16.2 Å². The van der Waals surface area contributed by atoms with E-state index in [2.05, 4.69) is 12.2 Å². The first-order chi connectivity index (χ1) is 8.74. The fourth-order valence-corrected chi connectivity index (χ4v) is 2.75. The van der Waals surface area contributed by atoms with Crippen LogP contribution in [0.5, 0.6) is 0 Å². The van der Waals surface area contributed by atoms with Crippen molar-refractivity contribution >= 4 is 11.9 Å². The molecule has 4 N–H and O–H groups in total. The molecule has 3 unspecified atom stereocenters. The molecule has 1 amide bonds. The number of carboxylic acid groups (broad SMARTS) is 1. The summed E-state index contributed by atoms with van der Waals surface area (Å²) in [5, 5.41) is 11.7. The maximum absolute atomic E-state index is 12.3. The topological polar surface area (TPSA) is 92.4 Å². The van der Waals surface area contributed by atoms with Gasteiger partial charge in [-0.05, 0) is 24.7 Å². The lowest BCUT2D eigenvalue weighted by Gasteiger charge is -2.37. The number of hydrogen-bond acceptors (Lipinski definition) is 3. The summed E-state index contributed by atoms with van der Waals surface area (Å²) in [5.74, 6) is -0.577. The second kappa shape index (κ2) is 6.37. The first-order valence-electron chi connectivity index (χ1n) is 7.06. The Morgan fingerprint density at radius 1 is 1.47 bits per heavy atom. The van der Waals surface area contributed by atoms with Crippen molar-refractivity contribution < 1.29 is 14.7 Å². The first-order valence-corrected chi connectivity index (χ1v) is 7.06. The molecule has 5 heteroatoms. The van der Waals surface area contributed by atoms with E-state index < -0.39 is 11.5 Å². The van der Waals surface area contributed by atoms with Gasteiger partial charge in [-0.25, -0.2) is 0 Å². The Morgan fingerprint density at radius 3 is 2.58 bits per heavy atom. The molecule has 1 rings (SSSR count). The monoisotopic (exact) mass is 270 g/mol. The molecule has 5 nitrogen and oxygen atoms in total. The third kappa shape index (κ3) is 4.49. The molecule has 0 aromatic carbocycles. The molecule has 0 aliphatic heterocycles. The minimum Gasteiger partial charge on any atom is -0.481 e. The molecule has 19 heavy (non-hydrogen) atoms. The van der Waals surface area contributed by atoms with Gasteiger partial charge in [0.05, 0.1) is 12.0 Å². The summed E-state index contributed by atoms with van der Waals surface area (Å²) in [6.45, 7) is 5.91. The minimum absolute atomic E-state index is 0.0605. The minimum atomic E-state index is -0.901. The molecule has 0 spiro atoms. The molecule has 0 heterocycles. The van der Waals surface area contributed by atoms with Gasteiger partial charge in [0.1, 0.15) is 0 Å². The van der Waals surface area contributed by atoms with Gasteiger partial charge in [0.15, 0.2) is 0 Å². The zero-order chi connectivity index (χ0) is 14.6. The van der Waals surface area contributed by atoms with E-state index in [9.17, 15) is 9.59 Å². The first kappa shape index (κ1) is 16.0. The summed E-state index contributed by atoms with van der Waals surface area (Å²) in [6, 6.07) is -0.359. The Labute approximate surface area is 114 Å². The van der Waals surface area contributed by atoms with E-state index in [0.29, 0.717) is 18.8 Å². The Morgan fingerprint density at radius 2 is 2.11 bits per heavy atom. The average Bonchev–Trinajstić information content (AvgIpc) is 2.26. The molecule has 110 valence electrons. The van der Waals surface area contributed by atoms with Gasteiger partial charge in [0.2, 0.25) is 5.91 Å². The largest absolute Gasteiger partial charge is 0.481 e. The van der Waals surface area contributed by atoms with Gasteiger partial charge in [-0.3, -0.25) is 9.59 Å². The van der Waals surface area contributed by atoms with Crippen LogP contribution in [-0.2, 0) is 9.59 Å². The summed E-state index contributed by atoms with van der Waals surface area (Å²) < 4.78 is 0. The van der Waals surface area contributed by atoms with Crippen LogP contribution in [0.15, 0.2) is 0 Å². The molecule has 3 atom stereocenters. The van der Waals surface area contributed by atoms with Gasteiger partial charge in [-0.1, -0.05) is 33.6 Å². The SMILES string of the molecule is CC1CCCC(N)(C(=O)NC(CC(=O)O)C(C)C)C1. The normalized spacial score (nSPS) is 29.0. The molecule has 0 aromatic rings. The smallest absolute Gasteiger partial charge is 0.305 e. The number of carbonyl (C=O) groups excluding carboxylic acids is 1. The van der Waals surface area contributed by atoms with Crippen molar-refractivity contribution in [3.8, 4) is 0 Å². The summed E-state index contributed by atoms with van der Waals surface area (Å²) in [6.07, 6.45) is 3.36. The molecule has 1 aliphatic carbocycles. The second-order valence-corrected chi connectivity index (χ2v) is 6.28. The van der Waals surface area contributed by atoms with Crippen LogP contribution in [0.25, 0.3) is 0 Å². The molecule has 1 saturated carbocycles. The third-order valence-corrected chi connectivity index (χ3v) is 4.00. The van der Waals surface area contributed by atoms with Crippen molar-refractivity contribution in [1.29, 1.82) is 0 Å². The van der Waals surface area contributed by atoms with Gasteiger partial charge >= 0.3 is 5.97 Å². The van der Waals surface area contributed by atoms with Crippen molar-refractivity contribution in [2.75, 3.05) is 0 Å². The molecule has 0 aromatic heterocycles. The van der Waals surface area contributed by atoms with Crippen molar-refractivity contribution in [3.05, 3.63) is 0 Å². The highest BCUT2D eigenvalue weighted by Gasteiger charge is 2.39. The molecule has 0 radical (unpaired) electrons. The van der Waals surface area contributed by atoms with Gasteiger partial charge in [-0.2, -0.15) is 0 Å². The quantitative estimate of drug-likeness (QED) is 0.706. The second-order valence-electron chi connectivity index (χ2n) is 6.28. The Hall–Kier alpha value is -1.10. The average molecular weight is 270 g/mol. The lowest BCUT2D eigenvalue weighted by atomic mass is 9.76. The maximum Gasteiger partial charge on any atom is 0.305 e. The lowest BCUT2D eigenvalue weighted by Crippen LogP contribution is -2.59. The summed E-state index contributed by atoms with van der Waals surface area (Å²) in [5.41, 5.74) is 5.38. The number of nitrogens with one attached hydrogen (secondary N) is 1. The summed E-state index contributed by atoms with van der Waals surface area (Å²) in [7, 11) is 0. The number of rotatable bonds is 5. The number of nitrogens with two attached hydrogens (primary N) is 1. The molecule has 0 saturated heterocycles. The predicted octanol–water partition coefficient (Wildman–Crippen LogP) is 1.51. The van der Waals surface area contributed by atoms with E-state index in [0.717, 1.165) is 12.8 Å². The molecule has 0 bridgehead atoms. The Kier molecular flexibility index (Phi) is 5.35. The fraction of sp³-hybridized carbons (Fsp3) is 0.857. The van der Waals surface area contributed by atoms with Crippen molar-refractivity contribution in [2.45, 2.75) is 64.5 Å². The van der Waals surface area contributed by atoms with E-state index in [-0.39, 0.29) is 24.3 Å². The Balaban J connectivity index is 2.67. The van der Waals surface area contributed by atoms with E-state index in [1.807, 2.05) is 13.8 Å². The molecule has 1 aliphatic rings. The van der Waals surface area contributed by atoms with E-state index in [4.69, 9.17) is 10.8 Å². The van der Waals surface area contributed by atoms with Crippen LogP contribution in [0, 0.1) is 11.8 Å². The maximum atomic E-state index is 12.3. The number of aliphatic carboxylic acids is 1. The fourth-order valence-electron chi connectivity index (χ4n) is 2.75. The van der Waals surface area contributed by atoms with E-state index >= 15 is 0 Å². The highest BCUT2D eigenvalue weighted by atomic mass is 16.4. The van der Waals surface area contributed by atoms with Gasteiger partial charge in [0.25, 0.3) is 0 Å². The van der Waals surface area contributed by atoms with Crippen molar-refractivity contribution in [3.63, 3.8) is 0 Å². The van der Waals surface area contributed by atoms with Crippen molar-refractivity contribution in [2.24, 2.45) is 17.6 Å². The number of amides is 1. The molecule has 1 fully saturated rings. The van der Waals surface area contributed by atoms with Gasteiger partial charge in [0, 0.05) is 6.04 Å². The zero-order valence-corrected chi connectivity index (χ0v) is 12.1. The highest BCUT2D eigenvalue weighted by Crippen LogP contribution is 2.30. The van der Waals surface area contributed by atoms with Crippen LogP contribution >= 0.6 is 0 Å². The molecular formula is C14H26N2O3. The van der Waals surface area contributed by atoms with Crippen molar-refractivity contribution in [1.82, 2.24) is 5.32 Å². The van der Waals surface area contributed by atoms with Gasteiger partial charge in [-0.15, -0.1) is 0 Å². The van der Waals surface area contributed by atoms with Crippen LogP contribution < -0.4 is 11.1 Å². The third-order valence-electron chi connectivity index (χ3n) is 4.00. The number of hydrogen-bond donors (Lipinski definition) is 3. The van der Waals surface area contributed by atoms with Crippen LogP contribution in [-0.4, -0.2) is 28.6 Å². The van der Waals surface area contributed by atoms with E-state index in [1.165, 1.54) is 0 Å². The van der Waals surface area contributed by atoms with E-state index in [1.54, 1.807) is 0 Å². The predicted molar refractivity (Wildman–Crippen MR) is 73.6 cm³/mol. The van der Waals surface area contributed by atoms with Crippen LogP contribution in [0.2, 0.25) is 0 Å². The van der Waals surface area contributed by atoms with Crippen LogP contribution in [0.3, 0.4) is 0 Å². The molecular weight excluding hydrogens is 244 g/mol. The number of carboxylic acids is 1. The zero-order valence-electron chi connectivity index (χ0n) is 12.1. The highest BCUT2D eigenvalue weighted by molar-refractivity contribution is 5.86. The summed E-state index contributed by atoms with van der Waals surface area (Å²) >= 11 is 0. The summed E-state index contributed by atoms with van der Waals surface area (Å²) in [4.78, 5) is 23.2.